The highest BCUT2D eigenvalue weighted by Crippen LogP contribution is 2.28. The summed E-state index contributed by atoms with van der Waals surface area (Å²) in [7, 11) is 1.30. The Morgan fingerprint density at radius 3 is 2.73 bits per heavy atom. The van der Waals surface area contributed by atoms with E-state index in [9.17, 15) is 9.59 Å². The molecule has 3 nitrogen and oxygen atoms in total. The van der Waals surface area contributed by atoms with Crippen LogP contribution in [0.4, 0.5) is 0 Å². The van der Waals surface area contributed by atoms with Crippen molar-refractivity contribution in [1.82, 2.24) is 0 Å². The highest BCUT2D eigenvalue weighted by molar-refractivity contribution is 8.01. The number of carbonyl (C=O) groups excluding carboxylic acids is 2. The van der Waals surface area contributed by atoms with Gasteiger partial charge in [-0.25, -0.2) is 0 Å². The zero-order valence-corrected chi connectivity index (χ0v) is 7.31. The molecule has 2 atom stereocenters. The van der Waals surface area contributed by atoms with Crippen LogP contribution in [0.2, 0.25) is 0 Å². The normalized spacial score (nSPS) is 30.5. The number of thioether (sulfide) groups is 1. The fourth-order valence-corrected chi connectivity index (χ4v) is 2.23. The van der Waals surface area contributed by atoms with Crippen LogP contribution < -0.4 is 0 Å². The molecule has 1 aliphatic rings. The second kappa shape index (κ2) is 3.26. The molecule has 0 aromatic heterocycles. The summed E-state index contributed by atoms with van der Waals surface area (Å²) in [6, 6.07) is 0. The van der Waals surface area contributed by atoms with Gasteiger partial charge in [-0.15, -0.1) is 11.8 Å². The Bertz CT molecular complexity index is 190. The fourth-order valence-electron chi connectivity index (χ4n) is 0.954. The van der Waals surface area contributed by atoms with E-state index in [0.29, 0.717) is 0 Å². The van der Waals surface area contributed by atoms with E-state index in [4.69, 9.17) is 0 Å². The van der Waals surface area contributed by atoms with Crippen molar-refractivity contribution in [3.8, 4) is 0 Å². The summed E-state index contributed by atoms with van der Waals surface area (Å²) in [5.41, 5.74) is 0. The number of Topliss-reactive ketones (excluding diaryl/α,β-unsaturated/α-hetero) is 1. The van der Waals surface area contributed by atoms with Crippen LogP contribution in [0.25, 0.3) is 0 Å². The van der Waals surface area contributed by atoms with Gasteiger partial charge in [0, 0.05) is 11.7 Å². The average molecular weight is 174 g/mol. The molecule has 1 aliphatic heterocycles. The Hall–Kier alpha value is -0.510. The second-order valence-electron chi connectivity index (χ2n) is 2.54. The van der Waals surface area contributed by atoms with Crippen molar-refractivity contribution in [1.29, 1.82) is 0 Å². The number of rotatable bonds is 1. The smallest absolute Gasteiger partial charge is 0.326 e. The molecular weight excluding hydrogens is 164 g/mol. The van der Waals surface area contributed by atoms with Crippen molar-refractivity contribution in [2.45, 2.75) is 12.2 Å². The third-order valence-electron chi connectivity index (χ3n) is 1.67. The molecule has 2 unspecified atom stereocenters. The van der Waals surface area contributed by atoms with Crippen LogP contribution in [0.15, 0.2) is 0 Å². The lowest BCUT2D eigenvalue weighted by atomic mass is 10.1. The van der Waals surface area contributed by atoms with E-state index in [1.54, 1.807) is 0 Å². The van der Waals surface area contributed by atoms with Crippen molar-refractivity contribution in [2.24, 2.45) is 5.92 Å². The molecule has 11 heavy (non-hydrogen) atoms. The predicted octanol–water partition coefficient (Wildman–Crippen LogP) is 0.480. The maximum absolute atomic E-state index is 11.2. The van der Waals surface area contributed by atoms with Crippen LogP contribution in [-0.2, 0) is 14.3 Å². The Balaban J connectivity index is 2.62. The zero-order chi connectivity index (χ0) is 8.43. The van der Waals surface area contributed by atoms with Crippen molar-refractivity contribution in [3.05, 3.63) is 0 Å². The van der Waals surface area contributed by atoms with Gasteiger partial charge in [0.2, 0.25) is 0 Å². The molecule has 4 heteroatoms. The minimum atomic E-state index is -0.560. The first-order chi connectivity index (χ1) is 5.16. The number of hydrogen-bond acceptors (Lipinski definition) is 4. The van der Waals surface area contributed by atoms with Gasteiger partial charge in [-0.2, -0.15) is 0 Å². The topological polar surface area (TPSA) is 43.4 Å². The third-order valence-corrected chi connectivity index (χ3v) is 3.12. The average Bonchev–Trinajstić information content (AvgIpc) is 2.32. The van der Waals surface area contributed by atoms with Crippen LogP contribution in [0, 0.1) is 5.92 Å². The predicted molar refractivity (Wildman–Crippen MR) is 42.4 cm³/mol. The highest BCUT2D eigenvalue weighted by Gasteiger charge is 2.37. The molecule has 0 aromatic rings. The molecule has 1 fully saturated rings. The van der Waals surface area contributed by atoms with Crippen LogP contribution in [0.1, 0.15) is 6.92 Å². The number of hydrogen-bond donors (Lipinski definition) is 0. The number of carbonyl (C=O) groups is 2. The van der Waals surface area contributed by atoms with Gasteiger partial charge in [-0.1, -0.05) is 6.92 Å². The lowest BCUT2D eigenvalue weighted by molar-refractivity contribution is -0.142. The van der Waals surface area contributed by atoms with Crippen LogP contribution in [-0.4, -0.2) is 29.9 Å². The van der Waals surface area contributed by atoms with Gasteiger partial charge in [-0.05, 0) is 0 Å². The van der Waals surface area contributed by atoms with Crippen molar-refractivity contribution < 1.29 is 14.3 Å². The zero-order valence-electron chi connectivity index (χ0n) is 6.49. The quantitative estimate of drug-likeness (QED) is 0.428. The fraction of sp³-hybridized carbons (Fsp3) is 0.714. The molecule has 0 saturated carbocycles. The van der Waals surface area contributed by atoms with Crippen molar-refractivity contribution >= 4 is 23.5 Å². The van der Waals surface area contributed by atoms with E-state index in [1.807, 2.05) is 6.92 Å². The minimum absolute atomic E-state index is 0.00171. The molecule has 0 bridgehead atoms. The van der Waals surface area contributed by atoms with Crippen LogP contribution in [0.3, 0.4) is 0 Å². The summed E-state index contributed by atoms with van der Waals surface area (Å²) in [6.45, 7) is 1.83. The molecule has 0 aliphatic carbocycles. The van der Waals surface area contributed by atoms with E-state index in [1.165, 1.54) is 18.9 Å². The molecule has 0 N–H and O–H groups in total. The molecule has 0 amide bonds. The number of methoxy groups -OCH3 is 1. The SMILES string of the molecule is COC(=O)C1SCC(C)C1=O. The Morgan fingerprint density at radius 1 is 1.73 bits per heavy atom. The van der Waals surface area contributed by atoms with Crippen molar-refractivity contribution in [3.63, 3.8) is 0 Å². The monoisotopic (exact) mass is 174 g/mol. The van der Waals surface area contributed by atoms with Gasteiger partial charge in [-0.3, -0.25) is 9.59 Å². The van der Waals surface area contributed by atoms with Gasteiger partial charge in [0.1, 0.15) is 0 Å². The second-order valence-corrected chi connectivity index (χ2v) is 3.68. The number of ketones is 1. The first-order valence-corrected chi connectivity index (χ1v) is 4.45. The summed E-state index contributed by atoms with van der Waals surface area (Å²) < 4.78 is 4.47. The molecule has 62 valence electrons. The summed E-state index contributed by atoms with van der Waals surface area (Å²) >= 11 is 1.37. The van der Waals surface area contributed by atoms with E-state index in [-0.39, 0.29) is 11.7 Å². The maximum Gasteiger partial charge on any atom is 0.326 e. The Kier molecular flexibility index (Phi) is 2.54. The maximum atomic E-state index is 11.2. The highest BCUT2D eigenvalue weighted by atomic mass is 32.2. The lowest BCUT2D eigenvalue weighted by Crippen LogP contribution is -2.26. The van der Waals surface area contributed by atoms with Gasteiger partial charge in [0.15, 0.2) is 11.0 Å². The summed E-state index contributed by atoms with van der Waals surface area (Å²) in [6.07, 6.45) is 0. The van der Waals surface area contributed by atoms with Crippen LogP contribution in [0.5, 0.6) is 0 Å². The van der Waals surface area contributed by atoms with E-state index < -0.39 is 11.2 Å². The van der Waals surface area contributed by atoms with Crippen LogP contribution >= 0.6 is 11.8 Å². The molecule has 0 radical (unpaired) electrons. The summed E-state index contributed by atoms with van der Waals surface area (Å²) in [5, 5.41) is -0.560. The summed E-state index contributed by atoms with van der Waals surface area (Å²) in [4.78, 5) is 22.1. The largest absolute Gasteiger partial charge is 0.468 e. The van der Waals surface area contributed by atoms with Gasteiger partial charge in [0.25, 0.3) is 0 Å². The first-order valence-electron chi connectivity index (χ1n) is 3.40. The van der Waals surface area contributed by atoms with Gasteiger partial charge < -0.3 is 4.74 Å². The van der Waals surface area contributed by atoms with Gasteiger partial charge >= 0.3 is 5.97 Å². The third kappa shape index (κ3) is 1.56. The van der Waals surface area contributed by atoms with E-state index >= 15 is 0 Å². The first kappa shape index (κ1) is 8.59. The standard InChI is InChI=1S/C7H10O3S/c1-4-3-11-6(5(4)8)7(9)10-2/h4,6H,3H2,1-2H3. The minimum Gasteiger partial charge on any atom is -0.468 e. The molecule has 0 spiro atoms. The molecule has 0 aromatic carbocycles. The van der Waals surface area contributed by atoms with E-state index in [0.717, 1.165) is 5.75 Å². The molecule has 1 rings (SSSR count). The van der Waals surface area contributed by atoms with E-state index in [2.05, 4.69) is 4.74 Å². The summed E-state index contributed by atoms with van der Waals surface area (Å²) in [5.74, 6) is 0.328. The number of ether oxygens (including phenoxy) is 1. The molecular formula is C7H10O3S. The van der Waals surface area contributed by atoms with Crippen molar-refractivity contribution in [2.75, 3.05) is 12.9 Å². The Labute approximate surface area is 69.5 Å². The molecule has 1 saturated heterocycles. The molecule has 1 heterocycles. The lowest BCUT2D eigenvalue weighted by Gasteiger charge is -2.03. The van der Waals surface area contributed by atoms with Gasteiger partial charge in [0.05, 0.1) is 7.11 Å². The Morgan fingerprint density at radius 2 is 2.36 bits per heavy atom. The number of esters is 1.